The molecule has 0 bridgehead atoms. The molecule has 0 aliphatic rings. The van der Waals surface area contributed by atoms with Crippen molar-refractivity contribution in [1.29, 1.82) is 0 Å². The molecule has 108 valence electrons. The van der Waals surface area contributed by atoms with E-state index in [9.17, 15) is 4.79 Å². The molecule has 0 atom stereocenters. The van der Waals surface area contributed by atoms with Crippen LogP contribution in [0, 0.1) is 0 Å². The predicted molar refractivity (Wildman–Crippen MR) is 80.7 cm³/mol. The first-order valence-electron chi connectivity index (χ1n) is 7.59. The highest BCUT2D eigenvalue weighted by atomic mass is 16.1. The average Bonchev–Trinajstić information content (AvgIpc) is 2.42. The van der Waals surface area contributed by atoms with Crippen molar-refractivity contribution in [3.05, 3.63) is 22.6 Å². The van der Waals surface area contributed by atoms with Crippen LogP contribution in [0.4, 0.5) is 5.69 Å². The maximum Gasteiger partial charge on any atom is 0.268 e. The zero-order valence-electron chi connectivity index (χ0n) is 12.3. The number of hydrogen-bond acceptors (Lipinski definition) is 3. The minimum absolute atomic E-state index is 0.00494. The molecule has 1 aromatic heterocycles. The van der Waals surface area contributed by atoms with Gasteiger partial charge in [0.2, 0.25) is 0 Å². The lowest BCUT2D eigenvalue weighted by molar-refractivity contribution is 0.509. The zero-order valence-corrected chi connectivity index (χ0v) is 12.3. The Morgan fingerprint density at radius 3 is 2.53 bits per heavy atom. The van der Waals surface area contributed by atoms with Crippen LogP contribution < -0.4 is 10.9 Å². The number of rotatable bonds is 10. The summed E-state index contributed by atoms with van der Waals surface area (Å²) in [6, 6.07) is 1.64. The van der Waals surface area contributed by atoms with E-state index < -0.39 is 0 Å². The highest BCUT2D eigenvalue weighted by Gasteiger charge is 1.99. The van der Waals surface area contributed by atoms with Gasteiger partial charge in [-0.3, -0.25) is 4.79 Å². The van der Waals surface area contributed by atoms with Crippen molar-refractivity contribution < 1.29 is 0 Å². The summed E-state index contributed by atoms with van der Waals surface area (Å²) in [5, 5.41) is 7.38. The van der Waals surface area contributed by atoms with E-state index in [1.54, 1.807) is 16.9 Å². The summed E-state index contributed by atoms with van der Waals surface area (Å²) in [4.78, 5) is 11.8. The van der Waals surface area contributed by atoms with Crippen molar-refractivity contribution in [2.75, 3.05) is 11.9 Å². The molecule has 0 aromatic carbocycles. The SMILES string of the molecule is CCCCCCCCn1ncc(NCCC)cc1=O. The van der Waals surface area contributed by atoms with Crippen LogP contribution in [0.1, 0.15) is 58.8 Å². The van der Waals surface area contributed by atoms with E-state index >= 15 is 0 Å². The van der Waals surface area contributed by atoms with Crippen LogP contribution in [-0.2, 0) is 6.54 Å². The van der Waals surface area contributed by atoms with Crippen LogP contribution in [0.5, 0.6) is 0 Å². The maximum absolute atomic E-state index is 11.8. The molecule has 0 saturated heterocycles. The highest BCUT2D eigenvalue weighted by molar-refractivity contribution is 5.38. The van der Waals surface area contributed by atoms with Crippen LogP contribution in [0.2, 0.25) is 0 Å². The van der Waals surface area contributed by atoms with E-state index in [0.717, 1.165) is 31.6 Å². The monoisotopic (exact) mass is 265 g/mol. The summed E-state index contributed by atoms with van der Waals surface area (Å²) in [5.74, 6) is 0. The molecular formula is C15H27N3O. The van der Waals surface area contributed by atoms with Crippen molar-refractivity contribution >= 4 is 5.69 Å². The number of nitrogens with one attached hydrogen (secondary N) is 1. The third-order valence-electron chi connectivity index (χ3n) is 3.17. The summed E-state index contributed by atoms with van der Waals surface area (Å²) in [5.41, 5.74) is 0.820. The molecule has 0 spiro atoms. The topological polar surface area (TPSA) is 46.9 Å². The lowest BCUT2D eigenvalue weighted by atomic mass is 10.1. The molecule has 0 radical (unpaired) electrons. The fourth-order valence-electron chi connectivity index (χ4n) is 2.01. The van der Waals surface area contributed by atoms with E-state index in [4.69, 9.17) is 0 Å². The number of nitrogens with zero attached hydrogens (tertiary/aromatic N) is 2. The van der Waals surface area contributed by atoms with Crippen molar-refractivity contribution in [3.63, 3.8) is 0 Å². The molecule has 0 amide bonds. The second-order valence-electron chi connectivity index (χ2n) is 5.00. The van der Waals surface area contributed by atoms with Crippen LogP contribution in [0.15, 0.2) is 17.1 Å². The van der Waals surface area contributed by atoms with Gasteiger partial charge in [0.15, 0.2) is 0 Å². The number of aryl methyl sites for hydroxylation is 1. The minimum atomic E-state index is -0.00494. The first-order valence-corrected chi connectivity index (χ1v) is 7.59. The van der Waals surface area contributed by atoms with Gasteiger partial charge in [0, 0.05) is 19.2 Å². The second kappa shape index (κ2) is 9.59. The lowest BCUT2D eigenvalue weighted by Crippen LogP contribution is -2.22. The standard InChI is InChI=1S/C15H27N3O/c1-3-5-6-7-8-9-11-18-15(19)12-14(13-17-18)16-10-4-2/h12-13,16H,3-11H2,1-2H3. The predicted octanol–water partition coefficient (Wildman–Crippen LogP) is 3.43. The maximum atomic E-state index is 11.8. The molecule has 0 aliphatic heterocycles. The Morgan fingerprint density at radius 1 is 1.11 bits per heavy atom. The van der Waals surface area contributed by atoms with Crippen molar-refractivity contribution in [2.45, 2.75) is 65.3 Å². The molecule has 1 aromatic rings. The summed E-state index contributed by atoms with van der Waals surface area (Å²) in [7, 11) is 0. The number of hydrogen-bond donors (Lipinski definition) is 1. The smallest absolute Gasteiger partial charge is 0.268 e. The van der Waals surface area contributed by atoms with Gasteiger partial charge in [0.1, 0.15) is 0 Å². The summed E-state index contributed by atoms with van der Waals surface area (Å²) < 4.78 is 1.57. The lowest BCUT2D eigenvalue weighted by Gasteiger charge is -2.07. The Bertz CT molecular complexity index is 401. The Labute approximate surface area is 116 Å². The molecule has 4 nitrogen and oxygen atoms in total. The minimum Gasteiger partial charge on any atom is -0.384 e. The Kier molecular flexibility index (Phi) is 7.94. The molecule has 0 saturated carbocycles. The van der Waals surface area contributed by atoms with Crippen molar-refractivity contribution in [3.8, 4) is 0 Å². The number of anilines is 1. The fraction of sp³-hybridized carbons (Fsp3) is 0.733. The van der Waals surface area contributed by atoms with E-state index in [0.29, 0.717) is 0 Å². The normalized spacial score (nSPS) is 10.6. The molecule has 0 aliphatic carbocycles. The molecular weight excluding hydrogens is 238 g/mol. The average molecular weight is 265 g/mol. The van der Waals surface area contributed by atoms with Gasteiger partial charge in [0.05, 0.1) is 11.9 Å². The third kappa shape index (κ3) is 6.41. The molecule has 4 heteroatoms. The molecule has 1 heterocycles. The Morgan fingerprint density at radius 2 is 1.84 bits per heavy atom. The summed E-state index contributed by atoms with van der Waals surface area (Å²) in [6.45, 7) is 5.93. The number of aromatic nitrogens is 2. The van der Waals surface area contributed by atoms with Crippen molar-refractivity contribution in [1.82, 2.24) is 9.78 Å². The van der Waals surface area contributed by atoms with E-state index in [1.807, 2.05) is 0 Å². The van der Waals surface area contributed by atoms with Gasteiger partial charge in [-0.2, -0.15) is 5.10 Å². The summed E-state index contributed by atoms with van der Waals surface area (Å²) >= 11 is 0. The van der Waals surface area contributed by atoms with Crippen LogP contribution >= 0.6 is 0 Å². The molecule has 0 unspecified atom stereocenters. The number of unbranched alkanes of at least 4 members (excludes halogenated alkanes) is 5. The zero-order chi connectivity index (χ0) is 13.9. The van der Waals surface area contributed by atoms with Gasteiger partial charge in [-0.1, -0.05) is 46.0 Å². The van der Waals surface area contributed by atoms with Gasteiger partial charge >= 0.3 is 0 Å². The summed E-state index contributed by atoms with van der Waals surface area (Å²) in [6.07, 6.45) is 10.2. The van der Waals surface area contributed by atoms with E-state index in [2.05, 4.69) is 24.3 Å². The van der Waals surface area contributed by atoms with Crippen molar-refractivity contribution in [2.24, 2.45) is 0 Å². The molecule has 0 fully saturated rings. The van der Waals surface area contributed by atoms with Crippen LogP contribution in [0.25, 0.3) is 0 Å². The Hall–Kier alpha value is -1.32. The van der Waals surface area contributed by atoms with Gasteiger partial charge < -0.3 is 5.32 Å². The third-order valence-corrected chi connectivity index (χ3v) is 3.17. The molecule has 1 N–H and O–H groups in total. The second-order valence-corrected chi connectivity index (χ2v) is 5.00. The van der Waals surface area contributed by atoms with Crippen LogP contribution in [0.3, 0.4) is 0 Å². The molecule has 1 rings (SSSR count). The molecule has 19 heavy (non-hydrogen) atoms. The largest absolute Gasteiger partial charge is 0.384 e. The van der Waals surface area contributed by atoms with Gasteiger partial charge in [0.25, 0.3) is 5.56 Å². The van der Waals surface area contributed by atoms with Gasteiger partial charge in [-0.05, 0) is 12.8 Å². The van der Waals surface area contributed by atoms with E-state index in [-0.39, 0.29) is 5.56 Å². The van der Waals surface area contributed by atoms with E-state index in [1.165, 1.54) is 32.1 Å². The van der Waals surface area contributed by atoms with Gasteiger partial charge in [-0.15, -0.1) is 0 Å². The first-order chi connectivity index (χ1) is 9.27. The van der Waals surface area contributed by atoms with Crippen LogP contribution in [-0.4, -0.2) is 16.3 Å². The van der Waals surface area contributed by atoms with Gasteiger partial charge in [-0.25, -0.2) is 4.68 Å². The first kappa shape index (κ1) is 15.7. The quantitative estimate of drug-likeness (QED) is 0.659. The highest BCUT2D eigenvalue weighted by Crippen LogP contribution is 2.06. The Balaban J connectivity index is 2.32. The fourth-order valence-corrected chi connectivity index (χ4v) is 2.01.